The van der Waals surface area contributed by atoms with E-state index < -0.39 is 0 Å². The van der Waals surface area contributed by atoms with Crippen molar-refractivity contribution in [3.63, 3.8) is 0 Å². The fourth-order valence-corrected chi connectivity index (χ4v) is 2.77. The van der Waals surface area contributed by atoms with Crippen molar-refractivity contribution >= 4 is 32.4 Å². The molecule has 108 valence electrons. The highest BCUT2D eigenvalue weighted by Crippen LogP contribution is 2.35. The molecule has 0 fully saturated rings. The smallest absolute Gasteiger partial charge is 0.182 e. The van der Waals surface area contributed by atoms with Crippen LogP contribution in [0.3, 0.4) is 0 Å². The summed E-state index contributed by atoms with van der Waals surface area (Å²) < 4.78 is 12.2. The topological polar surface area (TPSA) is 43.4 Å². The minimum absolute atomic E-state index is 0.641. The molecule has 0 amide bonds. The first kappa shape index (κ1) is 15.1. The lowest BCUT2D eigenvalue weighted by Gasteiger charge is -2.15. The summed E-state index contributed by atoms with van der Waals surface area (Å²) in [6.45, 7) is 3.39. The Morgan fingerprint density at radius 2 is 2.25 bits per heavy atom. The van der Waals surface area contributed by atoms with Crippen molar-refractivity contribution in [2.75, 3.05) is 19.0 Å². The zero-order valence-electron chi connectivity index (χ0n) is 11.5. The van der Waals surface area contributed by atoms with E-state index in [1.807, 2.05) is 17.5 Å². The van der Waals surface area contributed by atoms with Crippen LogP contribution in [-0.2, 0) is 6.54 Å². The van der Waals surface area contributed by atoms with Gasteiger partial charge in [-0.2, -0.15) is 0 Å². The normalized spacial score (nSPS) is 10.3. The second-order valence-electron chi connectivity index (χ2n) is 4.14. The van der Waals surface area contributed by atoms with Crippen LogP contribution in [0.2, 0.25) is 0 Å². The Labute approximate surface area is 131 Å². The van der Waals surface area contributed by atoms with Crippen molar-refractivity contribution in [3.8, 4) is 11.5 Å². The zero-order chi connectivity index (χ0) is 14.4. The average Bonchev–Trinajstić information content (AvgIpc) is 2.96. The SMILES string of the molecule is CCCOc1c(CNc2nccs2)cc(Br)cc1OC. The monoisotopic (exact) mass is 356 g/mol. The summed E-state index contributed by atoms with van der Waals surface area (Å²) in [6, 6.07) is 3.95. The van der Waals surface area contributed by atoms with Crippen LogP contribution in [-0.4, -0.2) is 18.7 Å². The number of hydrogen-bond acceptors (Lipinski definition) is 5. The lowest BCUT2D eigenvalue weighted by atomic mass is 10.2. The Morgan fingerprint density at radius 1 is 1.40 bits per heavy atom. The zero-order valence-corrected chi connectivity index (χ0v) is 13.9. The Kier molecular flexibility index (Phi) is 5.67. The van der Waals surface area contributed by atoms with Crippen molar-refractivity contribution in [2.24, 2.45) is 0 Å². The highest BCUT2D eigenvalue weighted by Gasteiger charge is 2.13. The van der Waals surface area contributed by atoms with E-state index in [1.165, 1.54) is 0 Å². The third-order valence-electron chi connectivity index (χ3n) is 2.63. The Morgan fingerprint density at radius 3 is 2.90 bits per heavy atom. The molecule has 20 heavy (non-hydrogen) atoms. The predicted molar refractivity (Wildman–Crippen MR) is 85.9 cm³/mol. The van der Waals surface area contributed by atoms with Crippen molar-refractivity contribution in [2.45, 2.75) is 19.9 Å². The minimum atomic E-state index is 0.641. The van der Waals surface area contributed by atoms with Gasteiger partial charge in [-0.15, -0.1) is 11.3 Å². The number of hydrogen-bond donors (Lipinski definition) is 1. The number of nitrogens with zero attached hydrogens (tertiary/aromatic N) is 1. The molecule has 0 atom stereocenters. The first-order valence-corrected chi connectivity index (χ1v) is 8.04. The molecule has 0 saturated heterocycles. The summed E-state index contributed by atoms with van der Waals surface area (Å²) in [5.41, 5.74) is 1.04. The molecular formula is C14H17BrN2O2S. The Bertz CT molecular complexity index is 546. The van der Waals surface area contributed by atoms with E-state index in [-0.39, 0.29) is 0 Å². The molecule has 0 aliphatic rings. The van der Waals surface area contributed by atoms with Gasteiger partial charge in [0.25, 0.3) is 0 Å². The highest BCUT2D eigenvalue weighted by molar-refractivity contribution is 9.10. The first-order chi connectivity index (χ1) is 9.74. The van der Waals surface area contributed by atoms with Crippen LogP contribution in [0.4, 0.5) is 5.13 Å². The van der Waals surface area contributed by atoms with E-state index >= 15 is 0 Å². The summed E-state index contributed by atoms with van der Waals surface area (Å²) in [4.78, 5) is 4.21. The number of ether oxygens (including phenoxy) is 2. The molecule has 2 aromatic rings. The van der Waals surface area contributed by atoms with E-state index in [9.17, 15) is 0 Å². The number of nitrogens with one attached hydrogen (secondary N) is 1. The average molecular weight is 357 g/mol. The maximum Gasteiger partial charge on any atom is 0.182 e. The third-order valence-corrected chi connectivity index (χ3v) is 3.82. The van der Waals surface area contributed by atoms with Crippen LogP contribution in [0.15, 0.2) is 28.2 Å². The van der Waals surface area contributed by atoms with Crippen LogP contribution >= 0.6 is 27.3 Å². The molecule has 1 heterocycles. The van der Waals surface area contributed by atoms with Crippen molar-refractivity contribution < 1.29 is 9.47 Å². The maximum atomic E-state index is 5.83. The van der Waals surface area contributed by atoms with Crippen LogP contribution in [0.5, 0.6) is 11.5 Å². The number of thiazole rings is 1. The van der Waals surface area contributed by atoms with E-state index in [0.717, 1.165) is 33.1 Å². The lowest BCUT2D eigenvalue weighted by molar-refractivity contribution is 0.291. The highest BCUT2D eigenvalue weighted by atomic mass is 79.9. The lowest BCUT2D eigenvalue weighted by Crippen LogP contribution is -2.05. The fraction of sp³-hybridized carbons (Fsp3) is 0.357. The standard InChI is InChI=1S/C14H17BrN2O2S/c1-3-5-19-13-10(7-11(15)8-12(13)18-2)9-17-14-16-4-6-20-14/h4,6-8H,3,5,9H2,1-2H3,(H,16,17). The van der Waals surface area contributed by atoms with Gasteiger partial charge >= 0.3 is 0 Å². The largest absolute Gasteiger partial charge is 0.493 e. The van der Waals surface area contributed by atoms with Gasteiger partial charge in [0.1, 0.15) is 0 Å². The molecule has 0 radical (unpaired) electrons. The van der Waals surface area contributed by atoms with E-state index in [2.05, 4.69) is 33.2 Å². The molecular weight excluding hydrogens is 340 g/mol. The predicted octanol–water partition coefficient (Wildman–Crippen LogP) is 4.32. The Hall–Kier alpha value is -1.27. The second-order valence-corrected chi connectivity index (χ2v) is 5.95. The minimum Gasteiger partial charge on any atom is -0.493 e. The van der Waals surface area contributed by atoms with Crippen molar-refractivity contribution in [1.29, 1.82) is 0 Å². The summed E-state index contributed by atoms with van der Waals surface area (Å²) in [6.07, 6.45) is 2.74. The molecule has 0 saturated carbocycles. The molecule has 2 rings (SSSR count). The molecule has 0 unspecified atom stereocenters. The van der Waals surface area contributed by atoms with Gasteiger partial charge in [0, 0.05) is 28.2 Å². The van der Waals surface area contributed by atoms with Crippen LogP contribution in [0, 0.1) is 0 Å². The van der Waals surface area contributed by atoms with Gasteiger partial charge in [0.05, 0.1) is 13.7 Å². The second kappa shape index (κ2) is 7.50. The van der Waals surface area contributed by atoms with Gasteiger partial charge in [0.15, 0.2) is 16.6 Å². The van der Waals surface area contributed by atoms with Gasteiger partial charge in [-0.1, -0.05) is 22.9 Å². The number of benzene rings is 1. The molecule has 6 heteroatoms. The van der Waals surface area contributed by atoms with Crippen LogP contribution < -0.4 is 14.8 Å². The first-order valence-electron chi connectivity index (χ1n) is 6.37. The summed E-state index contributed by atoms with van der Waals surface area (Å²) >= 11 is 5.07. The number of anilines is 1. The molecule has 4 nitrogen and oxygen atoms in total. The Balaban J connectivity index is 2.21. The van der Waals surface area contributed by atoms with Gasteiger partial charge in [-0.3, -0.25) is 0 Å². The van der Waals surface area contributed by atoms with E-state index in [1.54, 1.807) is 24.6 Å². The summed E-state index contributed by atoms with van der Waals surface area (Å²) in [7, 11) is 1.65. The van der Waals surface area contributed by atoms with Gasteiger partial charge in [-0.25, -0.2) is 4.98 Å². The van der Waals surface area contributed by atoms with Crippen molar-refractivity contribution in [1.82, 2.24) is 4.98 Å². The van der Waals surface area contributed by atoms with Crippen LogP contribution in [0.1, 0.15) is 18.9 Å². The fourth-order valence-electron chi connectivity index (χ4n) is 1.76. The van der Waals surface area contributed by atoms with Crippen molar-refractivity contribution in [3.05, 3.63) is 33.7 Å². The number of rotatable bonds is 7. The summed E-state index contributed by atoms with van der Waals surface area (Å²) in [5.74, 6) is 1.53. The molecule has 0 bridgehead atoms. The maximum absolute atomic E-state index is 5.83. The number of halogens is 1. The number of methoxy groups -OCH3 is 1. The van der Waals surface area contributed by atoms with Gasteiger partial charge < -0.3 is 14.8 Å². The molecule has 1 N–H and O–H groups in total. The van der Waals surface area contributed by atoms with Gasteiger partial charge in [0.2, 0.25) is 0 Å². The molecule has 0 aliphatic heterocycles. The third kappa shape index (κ3) is 3.86. The molecule has 0 aliphatic carbocycles. The van der Waals surface area contributed by atoms with E-state index in [4.69, 9.17) is 9.47 Å². The van der Waals surface area contributed by atoms with Gasteiger partial charge in [-0.05, 0) is 18.6 Å². The molecule has 1 aromatic carbocycles. The molecule has 0 spiro atoms. The molecule has 1 aromatic heterocycles. The van der Waals surface area contributed by atoms with E-state index in [0.29, 0.717) is 13.2 Å². The number of aromatic nitrogens is 1. The summed E-state index contributed by atoms with van der Waals surface area (Å²) in [5, 5.41) is 6.12. The quantitative estimate of drug-likeness (QED) is 0.802. The van der Waals surface area contributed by atoms with Crippen LogP contribution in [0.25, 0.3) is 0 Å².